The first kappa shape index (κ1) is 16.0. The van der Waals surface area contributed by atoms with Gasteiger partial charge in [-0.1, -0.05) is 30.3 Å². The van der Waals surface area contributed by atoms with Crippen LogP contribution in [0.25, 0.3) is 0 Å². The summed E-state index contributed by atoms with van der Waals surface area (Å²) in [7, 11) is 0. The molecule has 0 bridgehead atoms. The van der Waals surface area contributed by atoms with E-state index in [0.29, 0.717) is 0 Å². The Bertz CT molecular complexity index is 741. The van der Waals surface area contributed by atoms with Gasteiger partial charge in [-0.15, -0.1) is 0 Å². The average molecular weight is 315 g/mol. The molecule has 3 N–H and O–H groups in total. The molecule has 7 heteroatoms. The van der Waals surface area contributed by atoms with Crippen molar-refractivity contribution >= 4 is 23.7 Å². The topological polar surface area (TPSA) is 113 Å². The van der Waals surface area contributed by atoms with Gasteiger partial charge in [0.1, 0.15) is 6.61 Å². The van der Waals surface area contributed by atoms with Crippen molar-refractivity contribution in [2.24, 2.45) is 0 Å². The lowest BCUT2D eigenvalue weighted by atomic mass is 10.1. The van der Waals surface area contributed by atoms with Crippen LogP contribution in [0.15, 0.2) is 48.5 Å². The Kier molecular flexibility index (Phi) is 4.93. The number of carbonyl (C=O) groups is 3. The van der Waals surface area contributed by atoms with Gasteiger partial charge in [-0.25, -0.2) is 14.4 Å². The maximum atomic E-state index is 11.8. The summed E-state index contributed by atoms with van der Waals surface area (Å²) in [5.74, 6) is -2.53. The van der Waals surface area contributed by atoms with E-state index < -0.39 is 18.0 Å². The van der Waals surface area contributed by atoms with Crippen molar-refractivity contribution < 1.29 is 29.3 Å². The van der Waals surface area contributed by atoms with Gasteiger partial charge in [0, 0.05) is 0 Å². The van der Waals surface area contributed by atoms with E-state index in [0.717, 1.165) is 23.8 Å². The molecule has 0 aromatic heterocycles. The largest absolute Gasteiger partial charge is 0.478 e. The summed E-state index contributed by atoms with van der Waals surface area (Å²) >= 11 is 0. The first-order chi connectivity index (χ1) is 11.0. The number of carboxylic acid groups (broad SMARTS) is 2. The van der Waals surface area contributed by atoms with Gasteiger partial charge in [-0.3, -0.25) is 5.32 Å². The first-order valence-corrected chi connectivity index (χ1v) is 6.55. The van der Waals surface area contributed by atoms with Crippen molar-refractivity contribution in [3.63, 3.8) is 0 Å². The Balaban J connectivity index is 2.11. The quantitative estimate of drug-likeness (QED) is 0.782. The van der Waals surface area contributed by atoms with Gasteiger partial charge in [0.05, 0.1) is 16.8 Å². The number of amides is 1. The van der Waals surface area contributed by atoms with Gasteiger partial charge in [-0.05, 0) is 23.8 Å². The van der Waals surface area contributed by atoms with Crippen LogP contribution in [-0.4, -0.2) is 28.2 Å². The number of ether oxygens (including phenoxy) is 1. The SMILES string of the molecule is O=C(Nc1cc(C(=O)O)ccc1C(=O)O)OCc1ccccc1. The normalized spacial score (nSPS) is 9.91. The number of aromatic carboxylic acids is 2. The molecular weight excluding hydrogens is 302 g/mol. The monoisotopic (exact) mass is 315 g/mol. The molecule has 0 radical (unpaired) electrons. The molecule has 2 aromatic rings. The number of rotatable bonds is 5. The summed E-state index contributed by atoms with van der Waals surface area (Å²) in [4.78, 5) is 33.8. The Morgan fingerprint density at radius 3 is 2.26 bits per heavy atom. The second kappa shape index (κ2) is 7.08. The van der Waals surface area contributed by atoms with Crippen LogP contribution in [0.2, 0.25) is 0 Å². The predicted octanol–water partition coefficient (Wildman–Crippen LogP) is 2.83. The van der Waals surface area contributed by atoms with E-state index in [9.17, 15) is 14.4 Å². The minimum Gasteiger partial charge on any atom is -0.478 e. The van der Waals surface area contributed by atoms with Crippen molar-refractivity contribution in [2.45, 2.75) is 6.61 Å². The number of hydrogen-bond donors (Lipinski definition) is 3. The van der Waals surface area contributed by atoms with Crippen LogP contribution >= 0.6 is 0 Å². The summed E-state index contributed by atoms with van der Waals surface area (Å²) in [5, 5.41) is 20.3. The molecule has 0 atom stereocenters. The highest BCUT2D eigenvalue weighted by Gasteiger charge is 2.16. The van der Waals surface area contributed by atoms with Gasteiger partial charge < -0.3 is 14.9 Å². The number of carboxylic acids is 2. The summed E-state index contributed by atoms with van der Waals surface area (Å²) in [6, 6.07) is 12.2. The molecule has 23 heavy (non-hydrogen) atoms. The number of nitrogens with one attached hydrogen (secondary N) is 1. The van der Waals surface area contributed by atoms with E-state index in [1.165, 1.54) is 0 Å². The second-order valence-corrected chi connectivity index (χ2v) is 4.56. The number of anilines is 1. The van der Waals surface area contributed by atoms with Crippen molar-refractivity contribution in [3.8, 4) is 0 Å². The molecule has 0 spiro atoms. The van der Waals surface area contributed by atoms with E-state index >= 15 is 0 Å². The van der Waals surface area contributed by atoms with Gasteiger partial charge in [-0.2, -0.15) is 0 Å². The molecule has 2 rings (SSSR count). The van der Waals surface area contributed by atoms with Crippen molar-refractivity contribution in [3.05, 3.63) is 65.2 Å². The number of benzene rings is 2. The van der Waals surface area contributed by atoms with E-state index in [1.807, 2.05) is 6.07 Å². The summed E-state index contributed by atoms with van der Waals surface area (Å²) in [6.45, 7) is 0.00764. The molecule has 0 aliphatic heterocycles. The van der Waals surface area contributed by atoms with Crippen molar-refractivity contribution in [1.29, 1.82) is 0 Å². The molecule has 0 fully saturated rings. The Morgan fingerprint density at radius 1 is 0.957 bits per heavy atom. The third-order valence-electron chi connectivity index (χ3n) is 2.95. The Labute approximate surface area is 131 Å². The maximum absolute atomic E-state index is 11.8. The first-order valence-electron chi connectivity index (χ1n) is 6.55. The molecular formula is C16H13NO6. The minimum atomic E-state index is -1.29. The predicted molar refractivity (Wildman–Crippen MR) is 80.6 cm³/mol. The molecule has 2 aromatic carbocycles. The Morgan fingerprint density at radius 2 is 1.65 bits per heavy atom. The van der Waals surface area contributed by atoms with Crippen LogP contribution < -0.4 is 5.32 Å². The van der Waals surface area contributed by atoms with E-state index in [2.05, 4.69) is 5.32 Å². The van der Waals surface area contributed by atoms with E-state index in [-0.39, 0.29) is 23.4 Å². The molecule has 0 saturated heterocycles. The molecule has 0 unspecified atom stereocenters. The van der Waals surface area contributed by atoms with Crippen molar-refractivity contribution in [2.75, 3.05) is 5.32 Å². The number of carbonyl (C=O) groups excluding carboxylic acids is 1. The molecule has 7 nitrogen and oxygen atoms in total. The maximum Gasteiger partial charge on any atom is 0.411 e. The third kappa shape index (κ3) is 4.31. The van der Waals surface area contributed by atoms with Gasteiger partial charge in [0.25, 0.3) is 0 Å². The molecule has 0 aliphatic carbocycles. The lowest BCUT2D eigenvalue weighted by Crippen LogP contribution is -2.16. The van der Waals surface area contributed by atoms with E-state index in [1.54, 1.807) is 24.3 Å². The average Bonchev–Trinajstić information content (AvgIpc) is 2.53. The van der Waals surface area contributed by atoms with Gasteiger partial charge in [0.2, 0.25) is 0 Å². The van der Waals surface area contributed by atoms with E-state index in [4.69, 9.17) is 14.9 Å². The molecule has 0 aliphatic rings. The second-order valence-electron chi connectivity index (χ2n) is 4.56. The molecule has 118 valence electrons. The fourth-order valence-electron chi connectivity index (χ4n) is 1.84. The van der Waals surface area contributed by atoms with Crippen LogP contribution in [0.4, 0.5) is 10.5 Å². The zero-order chi connectivity index (χ0) is 16.8. The van der Waals surface area contributed by atoms with Crippen LogP contribution in [-0.2, 0) is 11.3 Å². The Hall–Kier alpha value is -3.35. The summed E-state index contributed by atoms with van der Waals surface area (Å²) < 4.78 is 4.98. The fourth-order valence-corrected chi connectivity index (χ4v) is 1.84. The zero-order valence-electron chi connectivity index (χ0n) is 11.9. The van der Waals surface area contributed by atoms with Crippen LogP contribution in [0.5, 0.6) is 0 Å². The molecule has 0 heterocycles. The van der Waals surface area contributed by atoms with Crippen LogP contribution in [0, 0.1) is 0 Å². The lowest BCUT2D eigenvalue weighted by Gasteiger charge is -2.10. The van der Waals surface area contributed by atoms with Crippen molar-refractivity contribution in [1.82, 2.24) is 0 Å². The standard InChI is InChI=1S/C16H13NO6/c18-14(19)11-6-7-12(15(20)21)13(8-11)17-16(22)23-9-10-4-2-1-3-5-10/h1-8H,9H2,(H,17,22)(H,18,19)(H,20,21). The molecule has 0 saturated carbocycles. The highest BCUT2D eigenvalue weighted by atomic mass is 16.5. The minimum absolute atomic E-state index is 0.00764. The van der Waals surface area contributed by atoms with Gasteiger partial charge >= 0.3 is 18.0 Å². The van der Waals surface area contributed by atoms with Crippen LogP contribution in [0.1, 0.15) is 26.3 Å². The summed E-state index contributed by atoms with van der Waals surface area (Å²) in [6.07, 6.45) is -0.876. The number of hydrogen-bond acceptors (Lipinski definition) is 4. The third-order valence-corrected chi connectivity index (χ3v) is 2.95. The highest BCUT2D eigenvalue weighted by Crippen LogP contribution is 2.19. The van der Waals surface area contributed by atoms with Gasteiger partial charge in [0.15, 0.2) is 0 Å². The lowest BCUT2D eigenvalue weighted by molar-refractivity contribution is 0.0682. The summed E-state index contributed by atoms with van der Waals surface area (Å²) in [5.41, 5.74) is 0.246. The van der Waals surface area contributed by atoms with Crippen LogP contribution in [0.3, 0.4) is 0 Å². The highest BCUT2D eigenvalue weighted by molar-refractivity contribution is 6.01. The molecule has 1 amide bonds. The smallest absolute Gasteiger partial charge is 0.411 e. The zero-order valence-corrected chi connectivity index (χ0v) is 11.9. The fraction of sp³-hybridized carbons (Fsp3) is 0.0625.